The molecule has 0 fully saturated rings. The Kier molecular flexibility index (Phi) is 3.32. The predicted molar refractivity (Wildman–Crippen MR) is 67.4 cm³/mol. The monoisotopic (exact) mass is 246 g/mol. The number of methoxy groups -OCH3 is 1. The average Bonchev–Trinajstić information content (AvgIpc) is 2.34. The van der Waals surface area contributed by atoms with E-state index in [0.29, 0.717) is 5.75 Å². The van der Waals surface area contributed by atoms with Crippen molar-refractivity contribution in [3.63, 3.8) is 0 Å². The van der Waals surface area contributed by atoms with Gasteiger partial charge in [0.25, 0.3) is 11.4 Å². The van der Waals surface area contributed by atoms with Gasteiger partial charge in [-0.2, -0.15) is 0 Å². The Bertz CT molecular complexity index is 620. The van der Waals surface area contributed by atoms with E-state index < -0.39 is 0 Å². The highest BCUT2D eigenvalue weighted by Gasteiger charge is 2.11. The molecule has 2 rings (SSSR count). The molecule has 0 aliphatic heterocycles. The van der Waals surface area contributed by atoms with Gasteiger partial charge in [-0.3, -0.25) is 4.79 Å². The van der Waals surface area contributed by atoms with E-state index in [9.17, 15) is 4.79 Å². The summed E-state index contributed by atoms with van der Waals surface area (Å²) in [6.45, 7) is 4.01. The number of hydrogen-bond acceptors (Lipinski definition) is 4. The Balaban J connectivity index is 2.37. The lowest BCUT2D eigenvalue weighted by molar-refractivity contribution is 0.363. The van der Waals surface area contributed by atoms with Crippen LogP contribution in [-0.4, -0.2) is 17.1 Å². The van der Waals surface area contributed by atoms with Crippen molar-refractivity contribution in [2.45, 2.75) is 13.8 Å². The van der Waals surface area contributed by atoms with Crippen molar-refractivity contribution in [3.05, 3.63) is 46.0 Å². The summed E-state index contributed by atoms with van der Waals surface area (Å²) in [5, 5.41) is 0. The maximum atomic E-state index is 11.5. The number of aromatic amines is 1. The molecule has 18 heavy (non-hydrogen) atoms. The number of nitrogens with zero attached hydrogens (tertiary/aromatic N) is 1. The van der Waals surface area contributed by atoms with E-state index in [2.05, 4.69) is 9.97 Å². The third kappa shape index (κ3) is 2.34. The van der Waals surface area contributed by atoms with E-state index >= 15 is 0 Å². The molecule has 5 nitrogen and oxygen atoms in total. The van der Waals surface area contributed by atoms with Crippen LogP contribution >= 0.6 is 0 Å². The van der Waals surface area contributed by atoms with E-state index in [1.807, 2.05) is 32.0 Å². The minimum atomic E-state index is -0.369. The van der Waals surface area contributed by atoms with Crippen molar-refractivity contribution in [1.82, 2.24) is 9.97 Å². The maximum absolute atomic E-state index is 11.5. The molecule has 1 aromatic heterocycles. The SMILES string of the molecule is COc1c(Oc2ccc(C)c(C)c2)nc[nH]c1=O. The molecule has 1 aromatic carbocycles. The van der Waals surface area contributed by atoms with Crippen LogP contribution in [-0.2, 0) is 0 Å². The number of ether oxygens (including phenoxy) is 2. The van der Waals surface area contributed by atoms with Gasteiger partial charge < -0.3 is 14.5 Å². The van der Waals surface area contributed by atoms with Crippen molar-refractivity contribution < 1.29 is 9.47 Å². The molecule has 0 bridgehead atoms. The number of nitrogens with one attached hydrogen (secondary N) is 1. The first-order chi connectivity index (χ1) is 8.61. The van der Waals surface area contributed by atoms with Crippen LogP contribution < -0.4 is 15.0 Å². The van der Waals surface area contributed by atoms with Crippen LogP contribution in [0.15, 0.2) is 29.3 Å². The summed E-state index contributed by atoms with van der Waals surface area (Å²) in [6.07, 6.45) is 1.28. The van der Waals surface area contributed by atoms with Gasteiger partial charge in [-0.25, -0.2) is 4.98 Å². The number of H-pyrrole nitrogens is 1. The number of hydrogen-bond donors (Lipinski definition) is 1. The minimum absolute atomic E-state index is 0.0655. The number of rotatable bonds is 3. The van der Waals surface area contributed by atoms with Crippen molar-refractivity contribution >= 4 is 0 Å². The predicted octanol–water partition coefficient (Wildman–Crippen LogP) is 2.19. The van der Waals surface area contributed by atoms with E-state index in [1.165, 1.54) is 19.0 Å². The fraction of sp³-hybridized carbons (Fsp3) is 0.231. The Labute approximate surface area is 104 Å². The fourth-order valence-electron chi connectivity index (χ4n) is 1.51. The quantitative estimate of drug-likeness (QED) is 0.901. The van der Waals surface area contributed by atoms with Crippen LogP contribution in [0.5, 0.6) is 17.4 Å². The normalized spacial score (nSPS) is 10.2. The van der Waals surface area contributed by atoms with Crippen molar-refractivity contribution in [2.75, 3.05) is 7.11 Å². The van der Waals surface area contributed by atoms with Gasteiger partial charge in [-0.15, -0.1) is 0 Å². The van der Waals surface area contributed by atoms with E-state index in [0.717, 1.165) is 5.56 Å². The first-order valence-electron chi connectivity index (χ1n) is 5.48. The Morgan fingerprint density at radius 3 is 2.67 bits per heavy atom. The lowest BCUT2D eigenvalue weighted by Gasteiger charge is -2.09. The zero-order valence-corrected chi connectivity index (χ0v) is 10.5. The molecular weight excluding hydrogens is 232 g/mol. The van der Waals surface area contributed by atoms with E-state index in [1.54, 1.807) is 0 Å². The molecular formula is C13H14N2O3. The summed E-state index contributed by atoms with van der Waals surface area (Å²) in [7, 11) is 1.40. The molecule has 0 amide bonds. The first kappa shape index (κ1) is 12.2. The van der Waals surface area contributed by atoms with Gasteiger partial charge in [0.05, 0.1) is 13.4 Å². The third-order valence-electron chi connectivity index (χ3n) is 2.67. The van der Waals surface area contributed by atoms with Crippen LogP contribution in [0.1, 0.15) is 11.1 Å². The number of benzene rings is 1. The Hall–Kier alpha value is -2.30. The van der Waals surface area contributed by atoms with Gasteiger partial charge in [0, 0.05) is 0 Å². The molecule has 0 saturated carbocycles. The van der Waals surface area contributed by atoms with Gasteiger partial charge >= 0.3 is 0 Å². The summed E-state index contributed by atoms with van der Waals surface area (Å²) in [5.41, 5.74) is 1.91. The fourth-order valence-corrected chi connectivity index (χ4v) is 1.51. The van der Waals surface area contributed by atoms with Gasteiger partial charge in [-0.1, -0.05) is 6.07 Å². The maximum Gasteiger partial charge on any atom is 0.297 e. The third-order valence-corrected chi connectivity index (χ3v) is 2.67. The lowest BCUT2D eigenvalue weighted by Crippen LogP contribution is -2.10. The summed E-state index contributed by atoms with van der Waals surface area (Å²) in [6, 6.07) is 5.66. The van der Waals surface area contributed by atoms with E-state index in [-0.39, 0.29) is 17.2 Å². The molecule has 0 atom stereocenters. The molecule has 0 aliphatic rings. The summed E-state index contributed by atoms with van der Waals surface area (Å²) in [4.78, 5) is 17.9. The zero-order valence-electron chi connectivity index (χ0n) is 10.5. The number of aromatic nitrogens is 2. The van der Waals surface area contributed by atoms with Crippen LogP contribution in [0.25, 0.3) is 0 Å². The van der Waals surface area contributed by atoms with Crippen LogP contribution in [0.4, 0.5) is 0 Å². The first-order valence-corrected chi connectivity index (χ1v) is 5.48. The van der Waals surface area contributed by atoms with Crippen LogP contribution in [0, 0.1) is 13.8 Å². The minimum Gasteiger partial charge on any atom is -0.487 e. The molecule has 1 N–H and O–H groups in total. The summed E-state index contributed by atoms with van der Waals surface area (Å²) < 4.78 is 10.5. The second kappa shape index (κ2) is 4.91. The molecule has 0 spiro atoms. The molecule has 0 saturated heterocycles. The largest absolute Gasteiger partial charge is 0.487 e. The second-order valence-electron chi connectivity index (χ2n) is 3.92. The molecule has 0 radical (unpaired) electrons. The van der Waals surface area contributed by atoms with Gasteiger partial charge in [-0.05, 0) is 37.1 Å². The summed E-state index contributed by atoms with van der Waals surface area (Å²) >= 11 is 0. The van der Waals surface area contributed by atoms with Gasteiger partial charge in [0.1, 0.15) is 5.75 Å². The zero-order chi connectivity index (χ0) is 13.1. The topological polar surface area (TPSA) is 64.2 Å². The highest BCUT2D eigenvalue weighted by molar-refractivity contribution is 5.38. The Morgan fingerprint density at radius 1 is 1.22 bits per heavy atom. The lowest BCUT2D eigenvalue weighted by atomic mass is 10.1. The van der Waals surface area contributed by atoms with Crippen LogP contribution in [0.2, 0.25) is 0 Å². The van der Waals surface area contributed by atoms with Crippen molar-refractivity contribution in [1.29, 1.82) is 0 Å². The van der Waals surface area contributed by atoms with Gasteiger partial charge in [0.2, 0.25) is 5.75 Å². The van der Waals surface area contributed by atoms with Crippen molar-refractivity contribution in [2.24, 2.45) is 0 Å². The second-order valence-corrected chi connectivity index (χ2v) is 3.92. The molecule has 5 heteroatoms. The molecule has 94 valence electrons. The Morgan fingerprint density at radius 2 is 2.00 bits per heavy atom. The molecule has 0 aliphatic carbocycles. The molecule has 2 aromatic rings. The highest BCUT2D eigenvalue weighted by Crippen LogP contribution is 2.26. The highest BCUT2D eigenvalue weighted by atomic mass is 16.5. The van der Waals surface area contributed by atoms with Crippen molar-refractivity contribution in [3.8, 4) is 17.4 Å². The standard InChI is InChI=1S/C13H14N2O3/c1-8-4-5-10(6-9(8)2)18-13-11(17-3)12(16)14-7-15-13/h4-7H,1-3H3,(H,14,15,16). The van der Waals surface area contributed by atoms with Crippen LogP contribution in [0.3, 0.4) is 0 Å². The average molecular weight is 246 g/mol. The smallest absolute Gasteiger partial charge is 0.297 e. The van der Waals surface area contributed by atoms with E-state index in [4.69, 9.17) is 9.47 Å². The molecule has 0 unspecified atom stereocenters. The number of aryl methyl sites for hydroxylation is 2. The molecule has 1 heterocycles. The van der Waals surface area contributed by atoms with Gasteiger partial charge in [0.15, 0.2) is 0 Å². The summed E-state index contributed by atoms with van der Waals surface area (Å²) in [5.74, 6) is 0.842.